The zero-order valence-electron chi connectivity index (χ0n) is 17.7. The lowest BCUT2D eigenvalue weighted by Crippen LogP contribution is -2.53. The molecule has 3 heterocycles. The topological polar surface area (TPSA) is 88.8 Å². The highest BCUT2D eigenvalue weighted by atomic mass is 35.5. The summed E-state index contributed by atoms with van der Waals surface area (Å²) >= 11 is 6.03. The third kappa shape index (κ3) is 4.95. The van der Waals surface area contributed by atoms with Gasteiger partial charge in [-0.3, -0.25) is 9.59 Å². The lowest BCUT2D eigenvalue weighted by Gasteiger charge is -2.38. The van der Waals surface area contributed by atoms with Gasteiger partial charge in [-0.1, -0.05) is 11.6 Å². The number of piperidine rings is 1. The van der Waals surface area contributed by atoms with Crippen LogP contribution in [0.4, 0.5) is 4.79 Å². The van der Waals surface area contributed by atoms with Crippen LogP contribution < -0.4 is 5.32 Å². The number of hydrogen-bond donors (Lipinski definition) is 2. The van der Waals surface area contributed by atoms with E-state index in [-0.39, 0.29) is 30.4 Å². The Morgan fingerprint density at radius 3 is 2.87 bits per heavy atom. The van der Waals surface area contributed by atoms with Crippen molar-refractivity contribution in [2.45, 2.75) is 38.3 Å². The highest BCUT2D eigenvalue weighted by molar-refractivity contribution is 6.31. The van der Waals surface area contributed by atoms with Gasteiger partial charge in [-0.2, -0.15) is 0 Å². The number of halogens is 1. The predicted octanol–water partition coefficient (Wildman–Crippen LogP) is 2.58. The minimum Gasteiger partial charge on any atom is -0.357 e. The van der Waals surface area contributed by atoms with Crippen molar-refractivity contribution in [2.24, 2.45) is 0 Å². The predicted molar refractivity (Wildman–Crippen MR) is 119 cm³/mol. The lowest BCUT2D eigenvalue weighted by molar-refractivity contribution is -0.139. The summed E-state index contributed by atoms with van der Waals surface area (Å²) in [5.74, 6) is 0.0168. The largest absolute Gasteiger partial charge is 0.357 e. The number of likely N-dealkylation sites (tertiary alicyclic amines) is 2. The lowest BCUT2D eigenvalue weighted by atomic mass is 10.0. The fourth-order valence-corrected chi connectivity index (χ4v) is 4.53. The summed E-state index contributed by atoms with van der Waals surface area (Å²) < 4.78 is 0. The first-order valence-electron chi connectivity index (χ1n) is 10.7. The number of amides is 4. The van der Waals surface area contributed by atoms with E-state index in [9.17, 15) is 14.4 Å². The zero-order valence-corrected chi connectivity index (χ0v) is 18.5. The Labute approximate surface area is 186 Å². The highest BCUT2D eigenvalue weighted by Gasteiger charge is 2.30. The molecule has 1 aromatic heterocycles. The van der Waals surface area contributed by atoms with Gasteiger partial charge in [-0.15, -0.1) is 0 Å². The summed E-state index contributed by atoms with van der Waals surface area (Å²) in [6.07, 6.45) is 3.04. The molecule has 2 aliphatic heterocycles. The van der Waals surface area contributed by atoms with E-state index in [4.69, 9.17) is 11.6 Å². The Bertz CT molecular complexity index is 991. The van der Waals surface area contributed by atoms with Crippen LogP contribution in [0.1, 0.15) is 31.4 Å². The van der Waals surface area contributed by atoms with Gasteiger partial charge in [-0.05, 0) is 43.5 Å². The van der Waals surface area contributed by atoms with E-state index >= 15 is 0 Å². The number of nitrogens with one attached hydrogen (secondary N) is 2. The zero-order chi connectivity index (χ0) is 22.0. The number of benzene rings is 1. The molecule has 2 fully saturated rings. The average Bonchev–Trinajstić information content (AvgIpc) is 3.36. The van der Waals surface area contributed by atoms with Crippen LogP contribution in [0, 0.1) is 0 Å². The Hall–Kier alpha value is -2.74. The van der Waals surface area contributed by atoms with Gasteiger partial charge in [0.15, 0.2) is 0 Å². The number of carbonyl (C=O) groups excluding carboxylic acids is 3. The van der Waals surface area contributed by atoms with E-state index in [2.05, 4.69) is 10.3 Å². The number of urea groups is 1. The summed E-state index contributed by atoms with van der Waals surface area (Å²) in [6, 6.07) is 7.38. The molecule has 31 heavy (non-hydrogen) atoms. The molecule has 1 unspecified atom stereocenters. The van der Waals surface area contributed by atoms with Gasteiger partial charge < -0.3 is 25.0 Å². The number of H-pyrrole nitrogens is 1. The highest BCUT2D eigenvalue weighted by Crippen LogP contribution is 2.20. The molecule has 4 amide bonds. The Kier molecular flexibility index (Phi) is 6.36. The first-order valence-corrected chi connectivity index (χ1v) is 11.1. The maximum absolute atomic E-state index is 12.7. The second-order valence-corrected chi connectivity index (χ2v) is 8.79. The van der Waals surface area contributed by atoms with Crippen molar-refractivity contribution < 1.29 is 14.4 Å². The standard InChI is InChI=1S/C22H28ClN5O3/c1-26(22(31)24-12-17-11-15-10-16(23)6-7-19(15)25-17)18-4-2-8-27(13-18)21(30)14-28-9-3-5-20(28)29/h6-7,10-11,18,25H,2-5,8-9,12-14H2,1H3,(H,24,31). The molecule has 2 aromatic rings. The van der Waals surface area contributed by atoms with Crippen LogP contribution in [0.3, 0.4) is 0 Å². The summed E-state index contributed by atoms with van der Waals surface area (Å²) in [5, 5.41) is 4.62. The Morgan fingerprint density at radius 2 is 2.10 bits per heavy atom. The Balaban J connectivity index is 1.30. The fourth-order valence-electron chi connectivity index (χ4n) is 4.35. The molecule has 2 aliphatic rings. The molecule has 0 spiro atoms. The summed E-state index contributed by atoms with van der Waals surface area (Å²) in [6.45, 7) is 2.35. The number of carbonyl (C=O) groups is 3. The molecule has 8 nitrogen and oxygen atoms in total. The van der Waals surface area contributed by atoms with Crippen molar-refractivity contribution >= 4 is 40.3 Å². The number of nitrogens with zero attached hydrogens (tertiary/aromatic N) is 3. The number of likely N-dealkylation sites (N-methyl/N-ethyl adjacent to an activating group) is 1. The van der Waals surface area contributed by atoms with Crippen LogP contribution >= 0.6 is 11.6 Å². The molecule has 9 heteroatoms. The SMILES string of the molecule is CN(C(=O)NCc1cc2cc(Cl)ccc2[nH]1)C1CCCN(C(=O)CN2CCCC2=O)C1. The van der Waals surface area contributed by atoms with Crippen molar-refractivity contribution in [1.82, 2.24) is 25.0 Å². The molecule has 1 aromatic carbocycles. The van der Waals surface area contributed by atoms with Gasteiger partial charge in [0.05, 0.1) is 19.1 Å². The molecular weight excluding hydrogens is 418 g/mol. The van der Waals surface area contributed by atoms with Crippen LogP contribution in [-0.2, 0) is 16.1 Å². The molecule has 0 radical (unpaired) electrons. The van der Waals surface area contributed by atoms with Gasteiger partial charge in [0.25, 0.3) is 0 Å². The molecule has 1 atom stereocenters. The fraction of sp³-hybridized carbons (Fsp3) is 0.500. The molecule has 166 valence electrons. The minimum absolute atomic E-state index is 0.0366. The first kappa shape index (κ1) is 21.5. The van der Waals surface area contributed by atoms with E-state index in [1.807, 2.05) is 24.3 Å². The van der Waals surface area contributed by atoms with E-state index < -0.39 is 0 Å². The average molecular weight is 446 g/mol. The quantitative estimate of drug-likeness (QED) is 0.741. The second-order valence-electron chi connectivity index (χ2n) is 8.35. The molecule has 0 aliphatic carbocycles. The molecule has 0 bridgehead atoms. The van der Waals surface area contributed by atoms with E-state index in [1.54, 1.807) is 21.7 Å². The smallest absolute Gasteiger partial charge is 0.317 e. The number of aromatic nitrogens is 1. The second kappa shape index (κ2) is 9.18. The molecule has 4 rings (SSSR count). The van der Waals surface area contributed by atoms with Crippen molar-refractivity contribution in [3.8, 4) is 0 Å². The Morgan fingerprint density at radius 1 is 1.26 bits per heavy atom. The van der Waals surface area contributed by atoms with E-state index in [1.165, 1.54) is 0 Å². The van der Waals surface area contributed by atoms with E-state index in [0.29, 0.717) is 37.6 Å². The van der Waals surface area contributed by atoms with Gasteiger partial charge in [0.2, 0.25) is 11.8 Å². The third-order valence-electron chi connectivity index (χ3n) is 6.18. The van der Waals surface area contributed by atoms with Gasteiger partial charge in [0, 0.05) is 54.7 Å². The molecule has 2 N–H and O–H groups in total. The van der Waals surface area contributed by atoms with Crippen LogP contribution in [0.15, 0.2) is 24.3 Å². The first-order chi connectivity index (χ1) is 14.9. The van der Waals surface area contributed by atoms with E-state index in [0.717, 1.165) is 35.9 Å². The van der Waals surface area contributed by atoms with Gasteiger partial charge in [-0.25, -0.2) is 4.79 Å². The maximum atomic E-state index is 12.7. The molecule has 0 saturated carbocycles. The maximum Gasteiger partial charge on any atom is 0.317 e. The number of hydrogen-bond acceptors (Lipinski definition) is 3. The number of rotatable bonds is 5. The van der Waals surface area contributed by atoms with Crippen LogP contribution in [0.2, 0.25) is 5.02 Å². The molecule has 2 saturated heterocycles. The van der Waals surface area contributed by atoms with Crippen molar-refractivity contribution in [2.75, 3.05) is 33.2 Å². The molecular formula is C22H28ClN5O3. The van der Waals surface area contributed by atoms with Crippen molar-refractivity contribution in [1.29, 1.82) is 0 Å². The normalized spacial score (nSPS) is 19.2. The van der Waals surface area contributed by atoms with Gasteiger partial charge in [0.1, 0.15) is 0 Å². The number of fused-ring (bicyclic) bond motifs is 1. The third-order valence-corrected chi connectivity index (χ3v) is 6.42. The monoisotopic (exact) mass is 445 g/mol. The van der Waals surface area contributed by atoms with Crippen molar-refractivity contribution in [3.63, 3.8) is 0 Å². The minimum atomic E-state index is -0.175. The van der Waals surface area contributed by atoms with Crippen molar-refractivity contribution in [3.05, 3.63) is 35.0 Å². The summed E-state index contributed by atoms with van der Waals surface area (Å²) in [5.41, 5.74) is 1.87. The van der Waals surface area contributed by atoms with Gasteiger partial charge >= 0.3 is 6.03 Å². The summed E-state index contributed by atoms with van der Waals surface area (Å²) in [7, 11) is 1.77. The number of aromatic amines is 1. The van der Waals surface area contributed by atoms with Crippen LogP contribution in [0.25, 0.3) is 10.9 Å². The van der Waals surface area contributed by atoms with Crippen LogP contribution in [0.5, 0.6) is 0 Å². The summed E-state index contributed by atoms with van der Waals surface area (Å²) in [4.78, 5) is 45.5. The van der Waals surface area contributed by atoms with Crippen LogP contribution in [-0.4, -0.2) is 76.8 Å².